The number of aromatic amines is 1. The van der Waals surface area contributed by atoms with Crippen LogP contribution in [0.2, 0.25) is 0 Å². The van der Waals surface area contributed by atoms with E-state index in [0.717, 1.165) is 17.7 Å². The van der Waals surface area contributed by atoms with Crippen molar-refractivity contribution in [2.45, 2.75) is 26.3 Å². The third kappa shape index (κ3) is 3.91. The topological polar surface area (TPSA) is 104 Å². The van der Waals surface area contributed by atoms with Gasteiger partial charge in [0.1, 0.15) is 0 Å². The van der Waals surface area contributed by atoms with Crippen molar-refractivity contribution < 1.29 is 17.9 Å². The number of rotatable bonds is 6. The number of H-pyrrole nitrogens is 1. The van der Waals surface area contributed by atoms with Gasteiger partial charge in [0, 0.05) is 31.3 Å². The third-order valence-corrected chi connectivity index (χ3v) is 6.14. The molecule has 0 bridgehead atoms. The first-order valence-corrected chi connectivity index (χ1v) is 9.19. The second kappa shape index (κ2) is 6.98. The van der Waals surface area contributed by atoms with E-state index < -0.39 is 10.0 Å². The van der Waals surface area contributed by atoms with Crippen LogP contribution in [0.5, 0.6) is 0 Å². The number of nitrogens with one attached hydrogen (secondary N) is 2. The summed E-state index contributed by atoms with van der Waals surface area (Å²) >= 11 is 0. The summed E-state index contributed by atoms with van der Waals surface area (Å²) in [5.41, 5.74) is 2.09. The molecule has 2 N–H and O–H groups in total. The number of ether oxygens (including phenoxy) is 1. The maximum atomic E-state index is 12.4. The zero-order chi connectivity index (χ0) is 17.2. The minimum Gasteiger partial charge on any atom is -0.379 e. The summed E-state index contributed by atoms with van der Waals surface area (Å²) in [7, 11) is -0.347. The maximum absolute atomic E-state index is 12.4. The molecule has 0 spiro atoms. The Balaban J connectivity index is 2.06. The van der Waals surface area contributed by atoms with Crippen LogP contribution < -0.4 is 5.32 Å². The van der Waals surface area contributed by atoms with Gasteiger partial charge < -0.3 is 10.1 Å². The molecule has 0 saturated carbocycles. The van der Waals surface area contributed by atoms with Crippen LogP contribution in [0.25, 0.3) is 0 Å². The highest BCUT2D eigenvalue weighted by Crippen LogP contribution is 2.18. The maximum Gasteiger partial charge on any atom is 0.272 e. The Morgan fingerprint density at radius 2 is 2.13 bits per heavy atom. The van der Waals surface area contributed by atoms with Gasteiger partial charge in [-0.25, -0.2) is 12.7 Å². The van der Waals surface area contributed by atoms with E-state index in [1.165, 1.54) is 18.4 Å². The second-order valence-corrected chi connectivity index (χ2v) is 8.20. The molecule has 1 aromatic heterocycles. The van der Waals surface area contributed by atoms with E-state index in [0.29, 0.717) is 18.9 Å². The van der Waals surface area contributed by atoms with Gasteiger partial charge in [0.25, 0.3) is 5.91 Å². The first-order valence-electron chi connectivity index (χ1n) is 7.59. The van der Waals surface area contributed by atoms with Gasteiger partial charge in [0.15, 0.2) is 5.69 Å². The molecule has 8 nitrogen and oxygen atoms in total. The Morgan fingerprint density at radius 3 is 2.70 bits per heavy atom. The van der Waals surface area contributed by atoms with E-state index in [4.69, 9.17) is 4.74 Å². The minimum atomic E-state index is -3.34. The fourth-order valence-electron chi connectivity index (χ4n) is 2.58. The number of nitrogens with zero attached hydrogens (tertiary/aromatic N) is 2. The highest BCUT2D eigenvalue weighted by molar-refractivity contribution is 7.89. The van der Waals surface area contributed by atoms with Crippen LogP contribution in [-0.2, 0) is 21.2 Å². The predicted octanol–water partition coefficient (Wildman–Crippen LogP) is -0.0833. The molecule has 1 aliphatic heterocycles. The first-order chi connectivity index (χ1) is 10.8. The van der Waals surface area contributed by atoms with Crippen molar-refractivity contribution >= 4 is 15.9 Å². The van der Waals surface area contributed by atoms with Crippen LogP contribution in [0.15, 0.2) is 0 Å². The standard InChI is InChI=1S/C14H24N4O4S/c1-5-11-9(2)13(17-16-11)14(19)15-12-7-22-6-10(12)8-23(20,21)18(3)4/h10,12H,5-8H2,1-4H3,(H,15,19)(H,16,17)/t10-,12+/m0/s1. The van der Waals surface area contributed by atoms with Crippen LogP contribution in [0.4, 0.5) is 0 Å². The lowest BCUT2D eigenvalue weighted by molar-refractivity contribution is 0.0920. The van der Waals surface area contributed by atoms with Gasteiger partial charge in [-0.05, 0) is 13.3 Å². The minimum absolute atomic E-state index is 0.0509. The molecular weight excluding hydrogens is 320 g/mol. The van der Waals surface area contributed by atoms with Gasteiger partial charge in [-0.1, -0.05) is 6.92 Å². The summed E-state index contributed by atoms with van der Waals surface area (Å²) in [6.07, 6.45) is 0.766. The van der Waals surface area contributed by atoms with Gasteiger partial charge in [-0.3, -0.25) is 9.89 Å². The molecule has 1 aliphatic rings. The van der Waals surface area contributed by atoms with Gasteiger partial charge in [-0.2, -0.15) is 5.10 Å². The summed E-state index contributed by atoms with van der Waals surface area (Å²) < 4.78 is 30.6. The molecule has 23 heavy (non-hydrogen) atoms. The lowest BCUT2D eigenvalue weighted by Gasteiger charge is -2.20. The summed E-state index contributed by atoms with van der Waals surface area (Å²) in [4.78, 5) is 12.4. The molecule has 0 aliphatic carbocycles. The van der Waals surface area contributed by atoms with Crippen molar-refractivity contribution in [3.05, 3.63) is 17.0 Å². The average Bonchev–Trinajstić information content (AvgIpc) is 3.05. The van der Waals surface area contributed by atoms with Gasteiger partial charge in [0.05, 0.1) is 25.0 Å². The van der Waals surface area contributed by atoms with Gasteiger partial charge in [-0.15, -0.1) is 0 Å². The third-order valence-electron chi connectivity index (χ3n) is 4.18. The number of sulfonamides is 1. The zero-order valence-corrected chi connectivity index (χ0v) is 14.7. The van der Waals surface area contributed by atoms with Crippen LogP contribution >= 0.6 is 0 Å². The van der Waals surface area contributed by atoms with Gasteiger partial charge in [0.2, 0.25) is 10.0 Å². The molecule has 0 aromatic carbocycles. The van der Waals surface area contributed by atoms with Crippen LogP contribution in [0, 0.1) is 12.8 Å². The Labute approximate surface area is 136 Å². The fraction of sp³-hybridized carbons (Fsp3) is 0.714. The van der Waals surface area contributed by atoms with Crippen molar-refractivity contribution in [2.75, 3.05) is 33.1 Å². The molecule has 2 heterocycles. The molecule has 2 atom stereocenters. The molecule has 1 amide bonds. The van der Waals surface area contributed by atoms with E-state index in [1.54, 1.807) is 0 Å². The molecule has 0 radical (unpaired) electrons. The van der Waals surface area contributed by atoms with Crippen LogP contribution in [0.3, 0.4) is 0 Å². The highest BCUT2D eigenvalue weighted by Gasteiger charge is 2.34. The number of hydrogen-bond donors (Lipinski definition) is 2. The van der Waals surface area contributed by atoms with Crippen molar-refractivity contribution in [1.29, 1.82) is 0 Å². The fourth-order valence-corrected chi connectivity index (χ4v) is 3.75. The molecule has 1 aromatic rings. The molecule has 1 fully saturated rings. The number of aromatic nitrogens is 2. The monoisotopic (exact) mass is 344 g/mol. The molecule has 130 valence electrons. The molecule has 9 heteroatoms. The van der Waals surface area contributed by atoms with Crippen molar-refractivity contribution in [2.24, 2.45) is 5.92 Å². The summed E-state index contributed by atoms with van der Waals surface area (Å²) in [6, 6.07) is -0.335. The molecule has 2 rings (SSSR count). The summed E-state index contributed by atoms with van der Waals surface area (Å²) in [5, 5.41) is 9.76. The number of hydrogen-bond acceptors (Lipinski definition) is 5. The quantitative estimate of drug-likeness (QED) is 0.751. The van der Waals surface area contributed by atoms with Crippen molar-refractivity contribution in [1.82, 2.24) is 19.8 Å². The Kier molecular flexibility index (Phi) is 5.43. The highest BCUT2D eigenvalue weighted by atomic mass is 32.2. The number of aryl methyl sites for hydroxylation is 1. The Morgan fingerprint density at radius 1 is 1.43 bits per heavy atom. The Hall–Kier alpha value is -1.45. The second-order valence-electron chi connectivity index (χ2n) is 5.97. The van der Waals surface area contributed by atoms with Gasteiger partial charge >= 0.3 is 0 Å². The van der Waals surface area contributed by atoms with E-state index in [-0.39, 0.29) is 23.6 Å². The molecule has 0 unspecified atom stereocenters. The number of amides is 1. The molecular formula is C14H24N4O4S. The summed E-state index contributed by atoms with van der Waals surface area (Å²) in [6.45, 7) is 4.45. The summed E-state index contributed by atoms with van der Waals surface area (Å²) in [5.74, 6) is -0.623. The smallest absolute Gasteiger partial charge is 0.272 e. The van der Waals surface area contributed by atoms with E-state index in [2.05, 4.69) is 15.5 Å². The van der Waals surface area contributed by atoms with E-state index in [9.17, 15) is 13.2 Å². The van der Waals surface area contributed by atoms with Crippen molar-refractivity contribution in [3.8, 4) is 0 Å². The number of carbonyl (C=O) groups excluding carboxylic acids is 1. The molecule has 1 saturated heterocycles. The Bertz CT molecular complexity index is 668. The lowest BCUT2D eigenvalue weighted by Crippen LogP contribution is -2.43. The van der Waals surface area contributed by atoms with E-state index in [1.807, 2.05) is 13.8 Å². The van der Waals surface area contributed by atoms with Crippen LogP contribution in [0.1, 0.15) is 28.7 Å². The SMILES string of the molecule is CCc1[nH]nc(C(=O)N[C@@H]2COC[C@H]2CS(=O)(=O)N(C)C)c1C. The van der Waals surface area contributed by atoms with Crippen molar-refractivity contribution in [3.63, 3.8) is 0 Å². The van der Waals surface area contributed by atoms with E-state index >= 15 is 0 Å². The largest absolute Gasteiger partial charge is 0.379 e. The average molecular weight is 344 g/mol. The lowest BCUT2D eigenvalue weighted by atomic mass is 10.1. The first kappa shape index (κ1) is 17.9. The predicted molar refractivity (Wildman–Crippen MR) is 85.7 cm³/mol. The number of carbonyl (C=O) groups is 1. The normalized spacial score (nSPS) is 21.8. The zero-order valence-electron chi connectivity index (χ0n) is 13.9. The van der Waals surface area contributed by atoms with Crippen LogP contribution in [-0.4, -0.2) is 67.9 Å².